The molecule has 5 heteroatoms. The summed E-state index contributed by atoms with van der Waals surface area (Å²) in [5.41, 5.74) is -0.0361. The predicted octanol–water partition coefficient (Wildman–Crippen LogP) is 3.68. The number of carbonyl (C=O) groups excluding carboxylic acids is 1. The lowest BCUT2D eigenvalue weighted by molar-refractivity contribution is 0.0922. The predicted molar refractivity (Wildman–Crippen MR) is 80.3 cm³/mol. The molecule has 0 radical (unpaired) electrons. The maximum atomic E-state index is 13.6. The summed E-state index contributed by atoms with van der Waals surface area (Å²) in [5.74, 6) is -0.416. The van der Waals surface area contributed by atoms with Crippen LogP contribution in [0.15, 0.2) is 48.5 Å². The minimum atomic E-state index is -0.642. The maximum Gasteiger partial charge on any atom is 0.254 e. The summed E-state index contributed by atoms with van der Waals surface area (Å²) in [7, 11) is 0. The van der Waals surface area contributed by atoms with Crippen LogP contribution in [0, 0.1) is 5.82 Å². The van der Waals surface area contributed by atoms with Gasteiger partial charge in [0, 0.05) is 5.02 Å². The van der Waals surface area contributed by atoms with Crippen LogP contribution in [-0.2, 0) is 0 Å². The van der Waals surface area contributed by atoms with Crippen molar-refractivity contribution in [3.63, 3.8) is 0 Å². The highest BCUT2D eigenvalue weighted by Crippen LogP contribution is 2.14. The third-order valence-electron chi connectivity index (χ3n) is 2.80. The highest BCUT2D eigenvalue weighted by Gasteiger charge is 2.14. The monoisotopic (exact) mass is 307 g/mol. The topological polar surface area (TPSA) is 38.3 Å². The molecule has 0 saturated heterocycles. The number of nitrogens with one attached hydrogen (secondary N) is 1. The summed E-state index contributed by atoms with van der Waals surface area (Å²) in [6, 6.07) is 13.0. The third kappa shape index (κ3) is 4.46. The number of benzene rings is 2. The largest absolute Gasteiger partial charge is 0.491 e. The molecule has 0 spiro atoms. The van der Waals surface area contributed by atoms with E-state index in [4.69, 9.17) is 16.3 Å². The summed E-state index contributed by atoms with van der Waals surface area (Å²) in [6.07, 6.45) is 0. The normalized spacial score (nSPS) is 11.8. The molecular formula is C16H15ClFNO2. The zero-order valence-corrected chi connectivity index (χ0v) is 12.2. The molecule has 0 aliphatic heterocycles. The van der Waals surface area contributed by atoms with E-state index in [0.717, 1.165) is 11.8 Å². The molecule has 2 rings (SSSR count). The Kier molecular flexibility index (Phi) is 5.17. The number of hydrogen-bond acceptors (Lipinski definition) is 2. The van der Waals surface area contributed by atoms with Crippen LogP contribution in [-0.4, -0.2) is 18.6 Å². The van der Waals surface area contributed by atoms with Crippen LogP contribution < -0.4 is 10.1 Å². The van der Waals surface area contributed by atoms with E-state index >= 15 is 0 Å². The molecule has 0 aliphatic rings. The molecule has 0 aromatic heterocycles. The van der Waals surface area contributed by atoms with Gasteiger partial charge in [0.2, 0.25) is 0 Å². The first-order chi connectivity index (χ1) is 10.1. The first kappa shape index (κ1) is 15.3. The quantitative estimate of drug-likeness (QED) is 0.915. The Bertz CT molecular complexity index is 619. The van der Waals surface area contributed by atoms with Crippen molar-refractivity contribution in [3.05, 3.63) is 64.9 Å². The fourth-order valence-electron chi connectivity index (χ4n) is 1.75. The van der Waals surface area contributed by atoms with Gasteiger partial charge in [-0.1, -0.05) is 29.8 Å². The average molecular weight is 308 g/mol. The molecule has 110 valence electrons. The van der Waals surface area contributed by atoms with Crippen molar-refractivity contribution in [1.82, 2.24) is 5.32 Å². The van der Waals surface area contributed by atoms with E-state index in [9.17, 15) is 9.18 Å². The van der Waals surface area contributed by atoms with Gasteiger partial charge in [0.25, 0.3) is 5.91 Å². The third-order valence-corrected chi connectivity index (χ3v) is 3.03. The van der Waals surface area contributed by atoms with E-state index in [1.807, 2.05) is 30.3 Å². The van der Waals surface area contributed by atoms with E-state index in [1.165, 1.54) is 12.1 Å². The van der Waals surface area contributed by atoms with Gasteiger partial charge in [-0.25, -0.2) is 4.39 Å². The van der Waals surface area contributed by atoms with Crippen LogP contribution in [0.25, 0.3) is 0 Å². The van der Waals surface area contributed by atoms with Crippen molar-refractivity contribution in [2.24, 2.45) is 0 Å². The molecule has 2 aromatic rings. The number of ether oxygens (including phenoxy) is 1. The van der Waals surface area contributed by atoms with Crippen molar-refractivity contribution >= 4 is 17.5 Å². The Balaban J connectivity index is 1.90. The van der Waals surface area contributed by atoms with Gasteiger partial charge in [0.1, 0.15) is 18.2 Å². The number of hydrogen-bond donors (Lipinski definition) is 1. The average Bonchev–Trinajstić information content (AvgIpc) is 2.46. The van der Waals surface area contributed by atoms with Crippen molar-refractivity contribution < 1.29 is 13.9 Å². The molecule has 0 fully saturated rings. The summed E-state index contributed by atoms with van der Waals surface area (Å²) in [5, 5.41) is 2.93. The zero-order chi connectivity index (χ0) is 15.2. The number of rotatable bonds is 5. The fourth-order valence-corrected chi connectivity index (χ4v) is 1.91. The van der Waals surface area contributed by atoms with Gasteiger partial charge in [-0.3, -0.25) is 4.79 Å². The molecular weight excluding hydrogens is 293 g/mol. The molecule has 1 atom stereocenters. The highest BCUT2D eigenvalue weighted by molar-refractivity contribution is 6.30. The maximum absolute atomic E-state index is 13.6. The molecule has 0 unspecified atom stereocenters. The second kappa shape index (κ2) is 7.09. The molecule has 0 heterocycles. The molecule has 0 bridgehead atoms. The van der Waals surface area contributed by atoms with Gasteiger partial charge in [-0.2, -0.15) is 0 Å². The lowest BCUT2D eigenvalue weighted by Gasteiger charge is -2.15. The number of halogens is 2. The SMILES string of the molecule is C[C@@H](COc1ccccc1)NC(=O)c1ccc(Cl)cc1F. The van der Waals surface area contributed by atoms with Crippen LogP contribution in [0.4, 0.5) is 4.39 Å². The second-order valence-electron chi connectivity index (χ2n) is 4.62. The number of amides is 1. The highest BCUT2D eigenvalue weighted by atomic mass is 35.5. The summed E-state index contributed by atoms with van der Waals surface area (Å²) in [4.78, 5) is 11.9. The first-order valence-corrected chi connectivity index (χ1v) is 6.88. The van der Waals surface area contributed by atoms with Crippen LogP contribution >= 0.6 is 11.6 Å². The molecule has 0 saturated carbocycles. The number of carbonyl (C=O) groups is 1. The van der Waals surface area contributed by atoms with Gasteiger partial charge in [-0.15, -0.1) is 0 Å². The van der Waals surface area contributed by atoms with Gasteiger partial charge >= 0.3 is 0 Å². The van der Waals surface area contributed by atoms with E-state index in [2.05, 4.69) is 5.32 Å². The molecule has 0 aliphatic carbocycles. The smallest absolute Gasteiger partial charge is 0.254 e. The van der Waals surface area contributed by atoms with E-state index < -0.39 is 11.7 Å². The first-order valence-electron chi connectivity index (χ1n) is 6.50. The van der Waals surface area contributed by atoms with Crippen molar-refractivity contribution in [2.45, 2.75) is 13.0 Å². The number of para-hydroxylation sites is 1. The van der Waals surface area contributed by atoms with Crippen LogP contribution in [0.5, 0.6) is 5.75 Å². The zero-order valence-electron chi connectivity index (χ0n) is 11.5. The van der Waals surface area contributed by atoms with Crippen LogP contribution in [0.2, 0.25) is 5.02 Å². The molecule has 1 amide bonds. The van der Waals surface area contributed by atoms with Gasteiger partial charge < -0.3 is 10.1 Å². The summed E-state index contributed by atoms with van der Waals surface area (Å²) >= 11 is 5.65. The van der Waals surface area contributed by atoms with Crippen LogP contribution in [0.3, 0.4) is 0 Å². The van der Waals surface area contributed by atoms with Gasteiger partial charge in [0.15, 0.2) is 0 Å². The van der Waals surface area contributed by atoms with Crippen molar-refractivity contribution in [3.8, 4) is 5.75 Å². The molecule has 2 aromatic carbocycles. The lowest BCUT2D eigenvalue weighted by atomic mass is 10.2. The second-order valence-corrected chi connectivity index (χ2v) is 5.06. The standard InChI is InChI=1S/C16H15ClFNO2/c1-11(10-21-13-5-3-2-4-6-13)19-16(20)14-8-7-12(17)9-15(14)18/h2-9,11H,10H2,1H3,(H,19,20)/t11-/m0/s1. The lowest BCUT2D eigenvalue weighted by Crippen LogP contribution is -2.37. The minimum Gasteiger partial charge on any atom is -0.491 e. The van der Waals surface area contributed by atoms with E-state index in [1.54, 1.807) is 6.92 Å². The minimum absolute atomic E-state index is 0.0361. The van der Waals surface area contributed by atoms with Gasteiger partial charge in [-0.05, 0) is 37.3 Å². The Morgan fingerprint density at radius 3 is 2.67 bits per heavy atom. The van der Waals surface area contributed by atoms with E-state index in [0.29, 0.717) is 6.61 Å². The Morgan fingerprint density at radius 1 is 1.29 bits per heavy atom. The summed E-state index contributed by atoms with van der Waals surface area (Å²) < 4.78 is 19.1. The summed E-state index contributed by atoms with van der Waals surface area (Å²) in [6.45, 7) is 2.08. The fraction of sp³-hybridized carbons (Fsp3) is 0.188. The molecule has 21 heavy (non-hydrogen) atoms. The Morgan fingerprint density at radius 2 is 2.00 bits per heavy atom. The van der Waals surface area contributed by atoms with E-state index in [-0.39, 0.29) is 16.6 Å². The molecule has 1 N–H and O–H groups in total. The van der Waals surface area contributed by atoms with Crippen molar-refractivity contribution in [1.29, 1.82) is 0 Å². The Hall–Kier alpha value is -2.07. The van der Waals surface area contributed by atoms with Gasteiger partial charge in [0.05, 0.1) is 11.6 Å². The Labute approximate surface area is 127 Å². The van der Waals surface area contributed by atoms with Crippen LogP contribution in [0.1, 0.15) is 17.3 Å². The molecule has 3 nitrogen and oxygen atoms in total. The van der Waals surface area contributed by atoms with Crippen molar-refractivity contribution in [2.75, 3.05) is 6.61 Å².